The first kappa shape index (κ1) is 23.5. The van der Waals surface area contributed by atoms with Crippen LogP contribution in [0.5, 0.6) is 0 Å². The maximum atomic E-state index is 13.9. The average Bonchev–Trinajstić information content (AvgIpc) is 3.07. The Morgan fingerprint density at radius 3 is 2.70 bits per heavy atom. The number of halogens is 3. The number of thiophene rings is 1. The molecule has 0 bridgehead atoms. The second kappa shape index (κ2) is 8.31. The van der Waals surface area contributed by atoms with Gasteiger partial charge < -0.3 is 10.6 Å². The summed E-state index contributed by atoms with van der Waals surface area (Å²) in [4.78, 5) is 32.7. The van der Waals surface area contributed by atoms with E-state index in [-0.39, 0.29) is 35.4 Å². The minimum Gasteiger partial charge on any atom is -0.335 e. The van der Waals surface area contributed by atoms with Crippen molar-refractivity contribution in [2.24, 2.45) is 5.73 Å². The number of hydrogen-bond acceptors (Lipinski definition) is 5. The summed E-state index contributed by atoms with van der Waals surface area (Å²) in [5.41, 5.74) is 4.50. The lowest BCUT2D eigenvalue weighted by Crippen LogP contribution is -2.60. The number of nitrogens with zero attached hydrogens (tertiary/aromatic N) is 3. The van der Waals surface area contributed by atoms with E-state index in [2.05, 4.69) is 32.8 Å². The largest absolute Gasteiger partial charge is 0.335 e. The van der Waals surface area contributed by atoms with Crippen molar-refractivity contribution in [3.05, 3.63) is 50.0 Å². The summed E-state index contributed by atoms with van der Waals surface area (Å²) in [5.74, 6) is 5.19. The Morgan fingerprint density at radius 2 is 2.09 bits per heavy atom. The lowest BCUT2D eigenvalue weighted by molar-refractivity contribution is -0.144. The number of amides is 1. The van der Waals surface area contributed by atoms with Crippen molar-refractivity contribution in [2.75, 3.05) is 13.1 Å². The first-order valence-corrected chi connectivity index (χ1v) is 11.7. The molecule has 1 saturated heterocycles. The molecule has 2 N–H and O–H groups in total. The molecular weight excluding hydrogens is 514 g/mol. The molecule has 4 rings (SSSR count). The Labute approximate surface area is 201 Å². The van der Waals surface area contributed by atoms with Crippen molar-refractivity contribution >= 4 is 43.4 Å². The minimum atomic E-state index is -1.40. The van der Waals surface area contributed by atoms with Gasteiger partial charge in [0, 0.05) is 5.56 Å². The van der Waals surface area contributed by atoms with E-state index in [4.69, 9.17) is 5.73 Å². The predicted octanol–water partition coefficient (Wildman–Crippen LogP) is 3.69. The molecule has 0 radical (unpaired) electrons. The van der Waals surface area contributed by atoms with Gasteiger partial charge in [0.05, 0.1) is 39.7 Å². The summed E-state index contributed by atoms with van der Waals surface area (Å²) in [6.45, 7) is 4.70. The van der Waals surface area contributed by atoms with Crippen LogP contribution in [-0.4, -0.2) is 44.7 Å². The fourth-order valence-corrected chi connectivity index (χ4v) is 4.93. The number of hydrogen-bond donors (Lipinski definition) is 1. The van der Waals surface area contributed by atoms with E-state index in [9.17, 15) is 18.4 Å². The van der Waals surface area contributed by atoms with E-state index in [1.807, 2.05) is 0 Å². The van der Waals surface area contributed by atoms with Gasteiger partial charge in [0.25, 0.3) is 5.56 Å². The quantitative estimate of drug-likeness (QED) is 0.519. The zero-order valence-electron chi connectivity index (χ0n) is 18.2. The maximum absolute atomic E-state index is 13.9. The first-order valence-electron chi connectivity index (χ1n) is 10.1. The van der Waals surface area contributed by atoms with Gasteiger partial charge in [-0.05, 0) is 54.4 Å². The Balaban J connectivity index is 1.85. The second-order valence-corrected chi connectivity index (χ2v) is 10.8. The van der Waals surface area contributed by atoms with Crippen molar-refractivity contribution in [3.63, 3.8) is 0 Å². The summed E-state index contributed by atoms with van der Waals surface area (Å²) in [6, 6.07) is 4.42. The molecule has 0 unspecified atom stereocenters. The molecule has 1 aliphatic rings. The highest BCUT2D eigenvalue weighted by Gasteiger charge is 2.41. The minimum absolute atomic E-state index is 0.00181. The Morgan fingerprint density at radius 1 is 1.39 bits per heavy atom. The lowest BCUT2D eigenvalue weighted by Gasteiger charge is -2.42. The summed E-state index contributed by atoms with van der Waals surface area (Å²) in [6.07, 6.45) is 1.31. The fraction of sp³-hybridized carbons (Fsp3) is 0.348. The third-order valence-corrected chi connectivity index (χ3v) is 6.71. The van der Waals surface area contributed by atoms with Gasteiger partial charge >= 0.3 is 0 Å². The standard InChI is InChI=1S/C23H21BrF2N4O2S/c1-22(2,27)7-6-16-18(13-4-5-15(25)14(24)8-13)19-20(33-16)28-12-29(21(19)32)9-17(31)30-10-23(3,26)11-30/h4-5,8,12H,9-11,27H2,1-3H3. The third-order valence-electron chi connectivity index (χ3n) is 5.08. The summed E-state index contributed by atoms with van der Waals surface area (Å²) in [5, 5.41) is 0.284. The highest BCUT2D eigenvalue weighted by Crippen LogP contribution is 2.37. The zero-order chi connectivity index (χ0) is 24.1. The highest BCUT2D eigenvalue weighted by molar-refractivity contribution is 9.10. The summed E-state index contributed by atoms with van der Waals surface area (Å²) < 4.78 is 29.1. The number of rotatable bonds is 3. The molecule has 10 heteroatoms. The number of nitrogens with two attached hydrogens (primary N) is 1. The molecule has 33 heavy (non-hydrogen) atoms. The van der Waals surface area contributed by atoms with E-state index in [0.717, 1.165) is 0 Å². The van der Waals surface area contributed by atoms with Gasteiger partial charge in [0.2, 0.25) is 5.91 Å². The molecular formula is C23H21BrF2N4O2S. The van der Waals surface area contributed by atoms with Crippen LogP contribution >= 0.6 is 27.3 Å². The number of benzene rings is 1. The van der Waals surface area contributed by atoms with E-state index in [0.29, 0.717) is 20.8 Å². The Bertz CT molecular complexity index is 1390. The fourth-order valence-electron chi connectivity index (χ4n) is 3.54. The predicted molar refractivity (Wildman–Crippen MR) is 128 cm³/mol. The average molecular weight is 535 g/mol. The molecule has 3 aromatic rings. The summed E-state index contributed by atoms with van der Waals surface area (Å²) >= 11 is 4.41. The van der Waals surface area contributed by atoms with Gasteiger partial charge in [0.15, 0.2) is 0 Å². The zero-order valence-corrected chi connectivity index (χ0v) is 20.6. The molecule has 3 heterocycles. The molecule has 0 aliphatic carbocycles. The van der Waals surface area contributed by atoms with Crippen molar-refractivity contribution in [2.45, 2.75) is 38.5 Å². The van der Waals surface area contributed by atoms with Gasteiger partial charge in [-0.15, -0.1) is 11.3 Å². The van der Waals surface area contributed by atoms with Crippen LogP contribution in [0.25, 0.3) is 21.3 Å². The van der Waals surface area contributed by atoms with E-state index in [1.165, 1.54) is 40.1 Å². The molecule has 172 valence electrons. The SMILES string of the molecule is CC(C)(N)C#Cc1sc2ncn(CC(=O)N3CC(C)(F)C3)c(=O)c2c1-c1ccc(F)c(Br)c1. The normalized spacial score (nSPS) is 15.2. The van der Waals surface area contributed by atoms with Gasteiger partial charge in [-0.3, -0.25) is 14.2 Å². The van der Waals surface area contributed by atoms with Crippen molar-refractivity contribution in [3.8, 4) is 23.0 Å². The lowest BCUT2D eigenvalue weighted by atomic mass is 9.99. The number of alkyl halides is 1. The number of carbonyl (C=O) groups is 1. The second-order valence-electron chi connectivity index (χ2n) is 8.93. The highest BCUT2D eigenvalue weighted by atomic mass is 79.9. The van der Waals surface area contributed by atoms with Crippen molar-refractivity contribution in [1.82, 2.24) is 14.5 Å². The number of fused-ring (bicyclic) bond motifs is 1. The molecule has 0 saturated carbocycles. The maximum Gasteiger partial charge on any atom is 0.263 e. The molecule has 6 nitrogen and oxygen atoms in total. The number of aromatic nitrogens is 2. The molecule has 1 aliphatic heterocycles. The van der Waals surface area contributed by atoms with Gasteiger partial charge in [0.1, 0.15) is 22.9 Å². The molecule has 0 atom stereocenters. The van der Waals surface area contributed by atoms with Crippen molar-refractivity contribution < 1.29 is 13.6 Å². The van der Waals surface area contributed by atoms with Gasteiger partial charge in [-0.2, -0.15) is 0 Å². The molecule has 1 aromatic carbocycles. The Hall–Kier alpha value is -2.61. The molecule has 2 aromatic heterocycles. The number of carbonyl (C=O) groups excluding carboxylic acids is 1. The van der Waals surface area contributed by atoms with Crippen LogP contribution in [0.15, 0.2) is 33.8 Å². The van der Waals surface area contributed by atoms with Crippen LogP contribution in [-0.2, 0) is 11.3 Å². The van der Waals surface area contributed by atoms with E-state index < -0.39 is 22.6 Å². The van der Waals surface area contributed by atoms with Crippen molar-refractivity contribution in [1.29, 1.82) is 0 Å². The third kappa shape index (κ3) is 4.86. The van der Waals surface area contributed by atoms with Crippen LogP contribution in [0.3, 0.4) is 0 Å². The topological polar surface area (TPSA) is 81.2 Å². The van der Waals surface area contributed by atoms with Gasteiger partial charge in [-0.25, -0.2) is 13.8 Å². The van der Waals surface area contributed by atoms with Crippen LogP contribution in [0.2, 0.25) is 0 Å². The van der Waals surface area contributed by atoms with Crippen LogP contribution in [0.1, 0.15) is 25.6 Å². The van der Waals surface area contributed by atoms with E-state index >= 15 is 0 Å². The van der Waals surface area contributed by atoms with Crippen LogP contribution < -0.4 is 11.3 Å². The van der Waals surface area contributed by atoms with E-state index in [1.54, 1.807) is 26.0 Å². The molecule has 1 fully saturated rings. The smallest absolute Gasteiger partial charge is 0.263 e. The van der Waals surface area contributed by atoms with Crippen LogP contribution in [0, 0.1) is 17.7 Å². The number of likely N-dealkylation sites (tertiary alicyclic amines) is 1. The van der Waals surface area contributed by atoms with Crippen LogP contribution in [0.4, 0.5) is 8.78 Å². The molecule has 1 amide bonds. The summed E-state index contributed by atoms with van der Waals surface area (Å²) in [7, 11) is 0. The first-order chi connectivity index (χ1) is 15.3. The molecule has 0 spiro atoms. The Kier molecular flexibility index (Phi) is 5.93. The monoisotopic (exact) mass is 534 g/mol. The van der Waals surface area contributed by atoms with Gasteiger partial charge in [-0.1, -0.05) is 17.9 Å².